The van der Waals surface area contributed by atoms with Gasteiger partial charge in [-0.3, -0.25) is 4.79 Å². The number of carboxylic acid groups (broad SMARTS) is 2. The molecule has 0 bridgehead atoms. The van der Waals surface area contributed by atoms with Gasteiger partial charge in [-0.25, -0.2) is 9.78 Å². The van der Waals surface area contributed by atoms with E-state index in [2.05, 4.69) is 35.4 Å². The van der Waals surface area contributed by atoms with Crippen LogP contribution in [-0.4, -0.2) is 40.1 Å². The number of rotatable bonds is 4. The molecule has 0 atom stereocenters. The molecule has 0 saturated carbocycles. The number of nitrogens with zero attached hydrogens (tertiary/aromatic N) is 1. The first-order valence-electron chi connectivity index (χ1n) is 6.05. The second-order valence-electron chi connectivity index (χ2n) is 3.96. The van der Waals surface area contributed by atoms with Gasteiger partial charge in [0, 0.05) is 19.2 Å². The van der Waals surface area contributed by atoms with Crippen LogP contribution in [0.4, 0.5) is 4.79 Å². The molecule has 0 unspecified atom stereocenters. The number of carbonyl (C=O) groups excluding carboxylic acids is 1. The monoisotopic (exact) mass is 328 g/mol. The summed E-state index contributed by atoms with van der Waals surface area (Å²) in [6, 6.07) is 6.21. The van der Waals surface area contributed by atoms with Crippen molar-refractivity contribution >= 4 is 45.4 Å². The molecule has 3 N–H and O–H groups in total. The summed E-state index contributed by atoms with van der Waals surface area (Å²) in [6.07, 6.45) is -1.30. The molecular weight excluding hydrogens is 312 g/mol. The molecule has 0 aliphatic rings. The number of nitrogens with one attached hydrogen (secondary N) is 1. The van der Waals surface area contributed by atoms with Gasteiger partial charge in [0.05, 0.1) is 10.2 Å². The molecule has 8 heteroatoms. The molecule has 114 valence electrons. The first-order chi connectivity index (χ1) is 9.93. The van der Waals surface area contributed by atoms with Crippen molar-refractivity contribution in [2.75, 3.05) is 12.8 Å². The molecule has 0 fully saturated rings. The van der Waals surface area contributed by atoms with E-state index in [0.717, 1.165) is 15.6 Å². The molecule has 2 aromatic rings. The lowest BCUT2D eigenvalue weighted by molar-refractivity contribution is -0.120. The van der Waals surface area contributed by atoms with Crippen molar-refractivity contribution in [3.8, 4) is 0 Å². The maximum atomic E-state index is 11.1. The zero-order chi connectivity index (χ0) is 15.8. The maximum absolute atomic E-state index is 11.1. The highest BCUT2D eigenvalue weighted by Gasteiger charge is 2.06. The molecule has 6 nitrogen and oxygen atoms in total. The van der Waals surface area contributed by atoms with E-state index in [1.54, 1.807) is 30.1 Å². The lowest BCUT2D eigenvalue weighted by Gasteiger charge is -1.96. The first-order valence-corrected chi connectivity index (χ1v) is 7.85. The van der Waals surface area contributed by atoms with Crippen molar-refractivity contribution in [2.24, 2.45) is 0 Å². The van der Waals surface area contributed by atoms with Gasteiger partial charge in [0.1, 0.15) is 0 Å². The Kier molecular flexibility index (Phi) is 6.97. The number of thioether (sulfide) groups is 1. The van der Waals surface area contributed by atoms with Gasteiger partial charge in [0.2, 0.25) is 5.91 Å². The number of aryl methyl sites for hydroxylation is 1. The number of amides is 1. The van der Waals surface area contributed by atoms with Gasteiger partial charge in [-0.2, -0.15) is 0 Å². The largest absolute Gasteiger partial charge is 0.503 e. The Morgan fingerprint density at radius 2 is 2.05 bits per heavy atom. The van der Waals surface area contributed by atoms with Crippen LogP contribution < -0.4 is 5.32 Å². The van der Waals surface area contributed by atoms with Crippen LogP contribution in [0.2, 0.25) is 0 Å². The minimum atomic E-state index is -1.83. The van der Waals surface area contributed by atoms with E-state index in [0.29, 0.717) is 6.42 Å². The van der Waals surface area contributed by atoms with E-state index in [9.17, 15) is 4.79 Å². The Bertz CT molecular complexity index is 624. The van der Waals surface area contributed by atoms with Crippen LogP contribution in [0.5, 0.6) is 0 Å². The average Bonchev–Trinajstić information content (AvgIpc) is 2.82. The zero-order valence-electron chi connectivity index (χ0n) is 11.6. The summed E-state index contributed by atoms with van der Waals surface area (Å²) in [5, 5.41) is 16.6. The summed E-state index contributed by atoms with van der Waals surface area (Å²) >= 11 is 3.34. The van der Waals surface area contributed by atoms with Crippen molar-refractivity contribution in [2.45, 2.75) is 17.7 Å². The van der Waals surface area contributed by atoms with Crippen molar-refractivity contribution in [1.29, 1.82) is 0 Å². The number of hydrogen-bond donors (Lipinski definition) is 3. The van der Waals surface area contributed by atoms with Gasteiger partial charge in [-0.1, -0.05) is 23.9 Å². The Labute approximate surface area is 130 Å². The fourth-order valence-corrected chi connectivity index (χ4v) is 3.63. The topological polar surface area (TPSA) is 99.5 Å². The van der Waals surface area contributed by atoms with E-state index in [4.69, 9.17) is 15.0 Å². The van der Waals surface area contributed by atoms with E-state index in [1.165, 1.54) is 10.3 Å². The normalized spacial score (nSPS) is 9.81. The third kappa shape index (κ3) is 6.01. The Hall–Kier alpha value is -1.80. The predicted octanol–water partition coefficient (Wildman–Crippen LogP) is 3.06. The lowest BCUT2D eigenvalue weighted by Crippen LogP contribution is -2.17. The Morgan fingerprint density at radius 1 is 1.38 bits per heavy atom. The summed E-state index contributed by atoms with van der Waals surface area (Å²) in [5.41, 5.74) is 2.29. The molecule has 0 aliphatic carbocycles. The van der Waals surface area contributed by atoms with E-state index >= 15 is 0 Å². The van der Waals surface area contributed by atoms with Crippen LogP contribution in [0.3, 0.4) is 0 Å². The van der Waals surface area contributed by atoms with Crippen molar-refractivity contribution in [1.82, 2.24) is 10.3 Å². The van der Waals surface area contributed by atoms with E-state index in [-0.39, 0.29) is 5.91 Å². The molecule has 1 aromatic carbocycles. The zero-order valence-corrected chi connectivity index (χ0v) is 13.3. The number of hydrogen-bond acceptors (Lipinski definition) is 5. The number of fused-ring (bicyclic) bond motifs is 1. The fourth-order valence-electron chi connectivity index (χ4n) is 1.48. The molecule has 1 amide bonds. The molecule has 0 radical (unpaired) electrons. The van der Waals surface area contributed by atoms with Crippen LogP contribution >= 0.6 is 23.1 Å². The smallest absolute Gasteiger partial charge is 0.450 e. The summed E-state index contributed by atoms with van der Waals surface area (Å²) in [4.78, 5) is 24.2. The Balaban J connectivity index is 0.000000491. The number of carbonyl (C=O) groups is 2. The first kappa shape index (κ1) is 17.3. The minimum absolute atomic E-state index is 0.0785. The number of thiazole rings is 1. The minimum Gasteiger partial charge on any atom is -0.450 e. The van der Waals surface area contributed by atoms with Gasteiger partial charge in [0.25, 0.3) is 0 Å². The molecule has 0 saturated heterocycles. The predicted molar refractivity (Wildman–Crippen MR) is 84.4 cm³/mol. The van der Waals surface area contributed by atoms with Crippen LogP contribution in [0, 0.1) is 6.92 Å². The highest BCUT2D eigenvalue weighted by Crippen LogP contribution is 2.31. The molecule has 2 rings (SSSR count). The SMILES string of the molecule is CNC(=O)CCSc1nc2c(C)cccc2s1.O=C(O)O. The van der Waals surface area contributed by atoms with Crippen molar-refractivity contribution in [3.05, 3.63) is 23.8 Å². The molecule has 21 heavy (non-hydrogen) atoms. The van der Waals surface area contributed by atoms with Crippen LogP contribution in [0.1, 0.15) is 12.0 Å². The lowest BCUT2D eigenvalue weighted by atomic mass is 10.2. The quantitative estimate of drug-likeness (QED) is 0.746. The summed E-state index contributed by atoms with van der Waals surface area (Å²) in [5.74, 6) is 0.855. The van der Waals surface area contributed by atoms with E-state index in [1.807, 2.05) is 0 Å². The standard InChI is InChI=1S/C12H14N2OS2.CH2O3/c1-8-4-3-5-9-11(8)14-12(17-9)16-7-6-10(15)13-2;2-1(3)4/h3-5H,6-7H2,1-2H3,(H,13,15);(H2,2,3,4). The third-order valence-electron chi connectivity index (χ3n) is 2.43. The van der Waals surface area contributed by atoms with Crippen LogP contribution in [-0.2, 0) is 4.79 Å². The molecule has 0 aliphatic heterocycles. The number of para-hydroxylation sites is 1. The van der Waals surface area contributed by atoms with Gasteiger partial charge in [-0.05, 0) is 18.6 Å². The van der Waals surface area contributed by atoms with Gasteiger partial charge in [0.15, 0.2) is 4.34 Å². The highest BCUT2D eigenvalue weighted by atomic mass is 32.2. The summed E-state index contributed by atoms with van der Waals surface area (Å²) in [6.45, 7) is 2.07. The fraction of sp³-hybridized carbons (Fsp3) is 0.308. The summed E-state index contributed by atoms with van der Waals surface area (Å²) in [7, 11) is 1.66. The maximum Gasteiger partial charge on any atom is 0.503 e. The molecule has 1 heterocycles. The van der Waals surface area contributed by atoms with Crippen molar-refractivity contribution in [3.63, 3.8) is 0 Å². The second-order valence-corrected chi connectivity index (χ2v) is 6.33. The van der Waals surface area contributed by atoms with Gasteiger partial charge >= 0.3 is 6.16 Å². The van der Waals surface area contributed by atoms with Gasteiger partial charge in [-0.15, -0.1) is 11.3 Å². The Morgan fingerprint density at radius 3 is 2.62 bits per heavy atom. The second kappa shape index (κ2) is 8.48. The molecule has 1 aromatic heterocycles. The van der Waals surface area contributed by atoms with Crippen LogP contribution in [0.25, 0.3) is 10.2 Å². The highest BCUT2D eigenvalue weighted by molar-refractivity contribution is 8.01. The van der Waals surface area contributed by atoms with Gasteiger partial charge < -0.3 is 15.5 Å². The third-order valence-corrected chi connectivity index (χ3v) is 4.60. The number of benzene rings is 1. The van der Waals surface area contributed by atoms with Crippen molar-refractivity contribution < 1.29 is 19.8 Å². The number of aromatic nitrogens is 1. The van der Waals surface area contributed by atoms with Crippen LogP contribution in [0.15, 0.2) is 22.5 Å². The van der Waals surface area contributed by atoms with E-state index < -0.39 is 6.16 Å². The molecular formula is C13H16N2O4S2. The average molecular weight is 328 g/mol. The summed E-state index contributed by atoms with van der Waals surface area (Å²) < 4.78 is 2.26. The molecule has 0 spiro atoms.